The molecule has 0 unspecified atom stereocenters. The first-order chi connectivity index (χ1) is 5.46. The molecule has 6 heteroatoms. The van der Waals surface area contributed by atoms with Gasteiger partial charge in [-0.2, -0.15) is 0 Å². The van der Waals surface area contributed by atoms with Crippen molar-refractivity contribution in [3.63, 3.8) is 0 Å². The summed E-state index contributed by atoms with van der Waals surface area (Å²) in [5, 5.41) is 20.6. The summed E-state index contributed by atoms with van der Waals surface area (Å²) in [6, 6.07) is 0. The summed E-state index contributed by atoms with van der Waals surface area (Å²) in [5.74, 6) is -2.91. The van der Waals surface area contributed by atoms with Gasteiger partial charge in [-0.1, -0.05) is 5.57 Å². The minimum Gasteiger partial charge on any atom is -0.545 e. The van der Waals surface area contributed by atoms with E-state index >= 15 is 0 Å². The third kappa shape index (κ3) is 3.22. The molecule has 0 heterocycles. The smallest absolute Gasteiger partial charge is 0.545 e. The van der Waals surface area contributed by atoms with Gasteiger partial charge in [0.05, 0.1) is 11.9 Å². The molecule has 0 aromatic carbocycles. The van der Waals surface area contributed by atoms with Gasteiger partial charge in [-0.05, 0) is 19.4 Å². The van der Waals surface area contributed by atoms with Crippen LogP contribution in [0.2, 0.25) is 0 Å². The number of carbonyl (C=O) groups is 2. The molecule has 0 saturated carbocycles. The number of hydrogen-bond donors (Lipinski definition) is 0. The van der Waals surface area contributed by atoms with Crippen molar-refractivity contribution in [1.29, 1.82) is 0 Å². The molecule has 14 heavy (non-hydrogen) atoms. The SMILES string of the molecule is CC(C)=C1C(C(=O)[O-])=C1C(=O)[O-].[Na+].[Na+]. The van der Waals surface area contributed by atoms with Crippen molar-refractivity contribution < 1.29 is 78.9 Å². The predicted octanol–water partition coefficient (Wildman–Crippen LogP) is -7.86. The number of allylic oxidation sites excluding steroid dienone is 1. The average molecular weight is 212 g/mol. The maximum atomic E-state index is 10.3. The zero-order valence-electron chi connectivity index (χ0n) is 8.63. The van der Waals surface area contributed by atoms with E-state index in [-0.39, 0.29) is 75.8 Å². The largest absolute Gasteiger partial charge is 1.00 e. The molecule has 0 aromatic rings. The topological polar surface area (TPSA) is 80.3 Å². The van der Waals surface area contributed by atoms with Crippen LogP contribution in [0.5, 0.6) is 0 Å². The van der Waals surface area contributed by atoms with Crippen LogP contribution in [0.15, 0.2) is 22.3 Å². The average Bonchev–Trinajstić information content (AvgIpc) is 2.58. The van der Waals surface area contributed by atoms with E-state index in [9.17, 15) is 19.8 Å². The van der Waals surface area contributed by atoms with E-state index in [0.717, 1.165) is 0 Å². The van der Waals surface area contributed by atoms with Gasteiger partial charge in [-0.15, -0.1) is 0 Å². The fraction of sp³-hybridized carbons (Fsp3) is 0.250. The Morgan fingerprint density at radius 3 is 1.29 bits per heavy atom. The Morgan fingerprint density at radius 2 is 1.21 bits per heavy atom. The maximum absolute atomic E-state index is 10.3. The van der Waals surface area contributed by atoms with Crippen molar-refractivity contribution in [2.24, 2.45) is 0 Å². The molecule has 0 aromatic heterocycles. The summed E-state index contributed by atoms with van der Waals surface area (Å²) in [5.41, 5.74) is 0.452. The summed E-state index contributed by atoms with van der Waals surface area (Å²) in [4.78, 5) is 20.6. The quantitative estimate of drug-likeness (QED) is 0.426. The summed E-state index contributed by atoms with van der Waals surface area (Å²) in [6.07, 6.45) is 0. The number of carboxylic acids is 2. The number of carbonyl (C=O) groups excluding carboxylic acids is 2. The van der Waals surface area contributed by atoms with Gasteiger partial charge in [0.15, 0.2) is 0 Å². The molecule has 0 saturated heterocycles. The van der Waals surface area contributed by atoms with Crippen molar-refractivity contribution in [3.8, 4) is 0 Å². The maximum Gasteiger partial charge on any atom is 1.00 e. The Bertz CT molecular complexity index is 311. The molecule has 0 bridgehead atoms. The molecule has 1 rings (SSSR count). The van der Waals surface area contributed by atoms with Crippen LogP contribution in [0.25, 0.3) is 0 Å². The summed E-state index contributed by atoms with van der Waals surface area (Å²) < 4.78 is 0. The molecule has 1 aliphatic carbocycles. The molecule has 0 aliphatic heterocycles. The van der Waals surface area contributed by atoms with E-state index in [1.807, 2.05) is 0 Å². The van der Waals surface area contributed by atoms with Crippen molar-refractivity contribution >= 4 is 11.9 Å². The molecule has 0 N–H and O–H groups in total. The number of carboxylic acid groups (broad SMARTS) is 2. The van der Waals surface area contributed by atoms with Crippen LogP contribution in [0.3, 0.4) is 0 Å². The molecule has 0 spiro atoms. The molecule has 1 aliphatic rings. The Kier molecular flexibility index (Phi) is 7.34. The number of hydrogen-bond acceptors (Lipinski definition) is 4. The van der Waals surface area contributed by atoms with Crippen molar-refractivity contribution in [2.75, 3.05) is 0 Å². The first kappa shape index (κ1) is 16.8. The van der Waals surface area contributed by atoms with Crippen LogP contribution in [-0.2, 0) is 9.59 Å². The Balaban J connectivity index is 0. The third-order valence-corrected chi connectivity index (χ3v) is 1.60. The third-order valence-electron chi connectivity index (χ3n) is 1.60. The number of rotatable bonds is 2. The van der Waals surface area contributed by atoms with Gasteiger partial charge in [0, 0.05) is 11.1 Å². The molecule has 0 fully saturated rings. The summed E-state index contributed by atoms with van der Waals surface area (Å²) in [7, 11) is 0. The van der Waals surface area contributed by atoms with Gasteiger partial charge in [0.25, 0.3) is 0 Å². The molecule has 0 radical (unpaired) electrons. The van der Waals surface area contributed by atoms with Crippen LogP contribution >= 0.6 is 0 Å². The molecule has 0 atom stereocenters. The summed E-state index contributed by atoms with van der Waals surface area (Å²) in [6.45, 7) is 3.27. The van der Waals surface area contributed by atoms with E-state index in [4.69, 9.17) is 0 Å². The van der Waals surface area contributed by atoms with E-state index in [1.165, 1.54) is 0 Å². The fourth-order valence-electron chi connectivity index (χ4n) is 1.10. The van der Waals surface area contributed by atoms with Crippen LogP contribution in [0, 0.1) is 0 Å². The Hall–Kier alpha value is 0.420. The first-order valence-electron chi connectivity index (χ1n) is 3.32. The van der Waals surface area contributed by atoms with Gasteiger partial charge in [-0.25, -0.2) is 0 Å². The van der Waals surface area contributed by atoms with Gasteiger partial charge in [0.1, 0.15) is 0 Å². The second-order valence-electron chi connectivity index (χ2n) is 2.70. The molecular formula is C8H6Na2O4. The standard InChI is InChI=1S/C8H8O4.2Na/c1-3(2)4-5(7(9)10)6(4)8(11)12;;/h1-2H3,(H,9,10)(H,11,12);;/q;2*+1/p-2. The monoisotopic (exact) mass is 212 g/mol. The zero-order valence-corrected chi connectivity index (χ0v) is 12.6. The fourth-order valence-corrected chi connectivity index (χ4v) is 1.10. The normalized spacial score (nSPS) is 12.6. The second-order valence-corrected chi connectivity index (χ2v) is 2.70. The van der Waals surface area contributed by atoms with Crippen LogP contribution in [0.4, 0.5) is 0 Å². The van der Waals surface area contributed by atoms with Crippen molar-refractivity contribution in [2.45, 2.75) is 13.8 Å². The molecule has 4 nitrogen and oxygen atoms in total. The molecule has 0 amide bonds. The van der Waals surface area contributed by atoms with Crippen LogP contribution in [-0.4, -0.2) is 11.9 Å². The summed E-state index contributed by atoms with van der Waals surface area (Å²) >= 11 is 0. The van der Waals surface area contributed by atoms with Crippen LogP contribution in [0.1, 0.15) is 13.8 Å². The van der Waals surface area contributed by atoms with Crippen molar-refractivity contribution in [1.82, 2.24) is 0 Å². The second kappa shape index (κ2) is 6.10. The van der Waals surface area contributed by atoms with Gasteiger partial charge in [-0.3, -0.25) is 0 Å². The first-order valence-corrected chi connectivity index (χ1v) is 3.32. The van der Waals surface area contributed by atoms with E-state index < -0.39 is 11.9 Å². The minimum absolute atomic E-state index is 0. The number of aliphatic carboxylic acids is 2. The Labute approximate surface area is 126 Å². The molecular weight excluding hydrogens is 206 g/mol. The van der Waals surface area contributed by atoms with E-state index in [2.05, 4.69) is 0 Å². The minimum atomic E-state index is -1.45. The zero-order chi connectivity index (χ0) is 9.46. The molecule has 64 valence electrons. The van der Waals surface area contributed by atoms with E-state index in [0.29, 0.717) is 5.57 Å². The van der Waals surface area contributed by atoms with E-state index in [1.54, 1.807) is 13.8 Å². The predicted molar refractivity (Wildman–Crippen MR) is 35.4 cm³/mol. The van der Waals surface area contributed by atoms with Gasteiger partial charge >= 0.3 is 59.1 Å². The van der Waals surface area contributed by atoms with Gasteiger partial charge < -0.3 is 19.8 Å². The van der Waals surface area contributed by atoms with Crippen LogP contribution < -0.4 is 69.3 Å². The van der Waals surface area contributed by atoms with Gasteiger partial charge in [0.2, 0.25) is 0 Å². The van der Waals surface area contributed by atoms with Crippen molar-refractivity contribution in [3.05, 3.63) is 22.3 Å². The Morgan fingerprint density at radius 1 is 0.929 bits per heavy atom.